The zero-order valence-electron chi connectivity index (χ0n) is 17.1. The summed E-state index contributed by atoms with van der Waals surface area (Å²) in [5.74, 6) is 0.852. The first kappa shape index (κ1) is 19.9. The molecule has 0 bridgehead atoms. The monoisotopic (exact) mass is 410 g/mol. The van der Waals surface area contributed by atoms with Gasteiger partial charge in [0.2, 0.25) is 11.7 Å². The van der Waals surface area contributed by atoms with Gasteiger partial charge < -0.3 is 15.2 Å². The molecule has 158 valence electrons. The van der Waals surface area contributed by atoms with Crippen LogP contribution in [-0.4, -0.2) is 32.4 Å². The molecule has 0 radical (unpaired) electrons. The van der Waals surface area contributed by atoms with E-state index in [0.29, 0.717) is 18.1 Å². The van der Waals surface area contributed by atoms with Gasteiger partial charge in [-0.2, -0.15) is 4.98 Å². The summed E-state index contributed by atoms with van der Waals surface area (Å²) in [4.78, 5) is 32.7. The van der Waals surface area contributed by atoms with Gasteiger partial charge in [0, 0.05) is 25.2 Å². The van der Waals surface area contributed by atoms with Gasteiger partial charge in [0.05, 0.1) is 0 Å². The molecule has 2 aromatic heterocycles. The third-order valence-corrected chi connectivity index (χ3v) is 5.36. The Balaban J connectivity index is 1.76. The minimum atomic E-state index is -0.459. The molecule has 1 fully saturated rings. The Morgan fingerprint density at radius 2 is 1.80 bits per heavy atom. The molecule has 0 amide bonds. The van der Waals surface area contributed by atoms with Crippen LogP contribution in [0.5, 0.6) is 0 Å². The Hall–Kier alpha value is -3.36. The van der Waals surface area contributed by atoms with Gasteiger partial charge in [0.1, 0.15) is 18.1 Å². The summed E-state index contributed by atoms with van der Waals surface area (Å²) >= 11 is 0. The lowest BCUT2D eigenvalue weighted by Gasteiger charge is -2.30. The highest BCUT2D eigenvalue weighted by atomic mass is 16.5. The number of hydrogen-bond acceptors (Lipinski definition) is 7. The van der Waals surface area contributed by atoms with Crippen LogP contribution in [0.15, 0.2) is 44.4 Å². The number of nitrogens with zero attached hydrogens (tertiary/aromatic N) is 5. The third kappa shape index (κ3) is 3.74. The van der Waals surface area contributed by atoms with E-state index in [9.17, 15) is 9.59 Å². The second-order valence-corrected chi connectivity index (χ2v) is 7.48. The summed E-state index contributed by atoms with van der Waals surface area (Å²) in [5.41, 5.74) is 6.63. The van der Waals surface area contributed by atoms with Crippen molar-refractivity contribution in [1.82, 2.24) is 19.3 Å². The summed E-state index contributed by atoms with van der Waals surface area (Å²) in [6.45, 7) is 3.81. The van der Waals surface area contributed by atoms with Crippen LogP contribution in [0.2, 0.25) is 0 Å². The van der Waals surface area contributed by atoms with Crippen LogP contribution in [0.3, 0.4) is 0 Å². The summed E-state index contributed by atoms with van der Waals surface area (Å²) in [6, 6.07) is 9.39. The molecule has 2 N–H and O–H groups in total. The molecule has 3 heterocycles. The van der Waals surface area contributed by atoms with E-state index in [2.05, 4.69) is 10.1 Å². The molecule has 0 saturated carbocycles. The molecule has 3 aromatic rings. The number of nitrogen functional groups attached to an aromatic ring is 1. The number of nitrogens with two attached hydrogens (primary N) is 1. The first-order valence-corrected chi connectivity index (χ1v) is 10.4. The molecular formula is C21H26N6O3. The zero-order valence-corrected chi connectivity index (χ0v) is 17.1. The zero-order chi connectivity index (χ0) is 21.1. The van der Waals surface area contributed by atoms with E-state index in [1.807, 2.05) is 42.2 Å². The maximum absolute atomic E-state index is 13.3. The molecule has 1 aromatic carbocycles. The number of benzene rings is 1. The minimum absolute atomic E-state index is 0.0949. The molecule has 30 heavy (non-hydrogen) atoms. The molecule has 0 spiro atoms. The predicted octanol–water partition coefficient (Wildman–Crippen LogP) is 2.09. The van der Waals surface area contributed by atoms with Crippen molar-refractivity contribution in [1.29, 1.82) is 0 Å². The fraction of sp³-hybridized carbons (Fsp3) is 0.429. The molecule has 9 nitrogen and oxygen atoms in total. The van der Waals surface area contributed by atoms with Crippen molar-refractivity contribution in [2.75, 3.05) is 23.7 Å². The molecule has 1 aliphatic rings. The Morgan fingerprint density at radius 3 is 2.50 bits per heavy atom. The van der Waals surface area contributed by atoms with Crippen molar-refractivity contribution in [3.05, 3.63) is 57.1 Å². The van der Waals surface area contributed by atoms with E-state index in [1.165, 1.54) is 4.57 Å². The lowest BCUT2D eigenvalue weighted by molar-refractivity contribution is 0.365. The van der Waals surface area contributed by atoms with Gasteiger partial charge in [-0.15, -0.1) is 0 Å². The predicted molar refractivity (Wildman–Crippen MR) is 115 cm³/mol. The van der Waals surface area contributed by atoms with E-state index in [1.54, 1.807) is 0 Å². The largest absolute Gasteiger partial charge is 0.383 e. The van der Waals surface area contributed by atoms with Gasteiger partial charge in [-0.3, -0.25) is 9.36 Å². The molecule has 9 heteroatoms. The second-order valence-electron chi connectivity index (χ2n) is 7.48. The summed E-state index contributed by atoms with van der Waals surface area (Å²) in [7, 11) is 0. The molecule has 4 rings (SSSR count). The van der Waals surface area contributed by atoms with Crippen molar-refractivity contribution in [2.24, 2.45) is 0 Å². The fourth-order valence-corrected chi connectivity index (χ4v) is 3.85. The highest BCUT2D eigenvalue weighted by Crippen LogP contribution is 2.22. The quantitative estimate of drug-likeness (QED) is 0.662. The topological polar surface area (TPSA) is 112 Å². The lowest BCUT2D eigenvalue weighted by atomic mass is 10.1. The maximum Gasteiger partial charge on any atom is 0.333 e. The number of hydrogen-bond donors (Lipinski definition) is 1. The average Bonchev–Trinajstić information content (AvgIpc) is 3.24. The van der Waals surface area contributed by atoms with Gasteiger partial charge in [0.25, 0.3) is 5.56 Å². The maximum atomic E-state index is 13.3. The smallest absolute Gasteiger partial charge is 0.333 e. The normalized spacial score (nSPS) is 14.2. The molecule has 1 aliphatic heterocycles. The lowest BCUT2D eigenvalue weighted by Crippen LogP contribution is -2.46. The molecule has 0 aliphatic carbocycles. The Kier molecular flexibility index (Phi) is 5.69. The summed E-state index contributed by atoms with van der Waals surface area (Å²) in [5, 5.41) is 3.99. The van der Waals surface area contributed by atoms with Gasteiger partial charge in [0.15, 0.2) is 0 Å². The Bertz CT molecular complexity index is 1130. The summed E-state index contributed by atoms with van der Waals surface area (Å²) < 4.78 is 7.96. The number of rotatable bonds is 6. The van der Waals surface area contributed by atoms with Crippen molar-refractivity contribution in [2.45, 2.75) is 45.7 Å². The Labute approximate surface area is 173 Å². The second kappa shape index (κ2) is 8.56. The fourth-order valence-electron chi connectivity index (χ4n) is 3.85. The standard InChI is InChI=1S/C21H26N6O3/c1-2-11-26-18(22)17(25-12-7-4-8-13-25)20(28)27(21(26)29)14-16-23-19(24-30-16)15-9-5-3-6-10-15/h3,5-6,9-10H,2,4,7-8,11-14,22H2,1H3. The first-order chi connectivity index (χ1) is 14.6. The van der Waals surface area contributed by atoms with E-state index in [-0.39, 0.29) is 18.3 Å². The van der Waals surface area contributed by atoms with Crippen LogP contribution in [0.1, 0.15) is 38.5 Å². The van der Waals surface area contributed by atoms with Crippen molar-refractivity contribution >= 4 is 11.5 Å². The van der Waals surface area contributed by atoms with E-state index in [4.69, 9.17) is 10.3 Å². The van der Waals surface area contributed by atoms with Crippen LogP contribution in [0, 0.1) is 0 Å². The first-order valence-electron chi connectivity index (χ1n) is 10.4. The van der Waals surface area contributed by atoms with Crippen LogP contribution >= 0.6 is 0 Å². The van der Waals surface area contributed by atoms with Gasteiger partial charge in [-0.05, 0) is 25.7 Å². The SMILES string of the molecule is CCCn1c(N)c(N2CCCCC2)c(=O)n(Cc2nc(-c3ccccc3)no2)c1=O. The molecule has 1 saturated heterocycles. The van der Waals surface area contributed by atoms with E-state index in [0.717, 1.165) is 48.9 Å². The number of piperidine rings is 1. The van der Waals surface area contributed by atoms with Crippen molar-refractivity contribution in [3.63, 3.8) is 0 Å². The highest BCUT2D eigenvalue weighted by Gasteiger charge is 2.24. The van der Waals surface area contributed by atoms with E-state index >= 15 is 0 Å². The third-order valence-electron chi connectivity index (χ3n) is 5.36. The number of aromatic nitrogens is 4. The van der Waals surface area contributed by atoms with Crippen molar-refractivity contribution in [3.8, 4) is 11.4 Å². The number of anilines is 2. The van der Waals surface area contributed by atoms with Crippen LogP contribution < -0.4 is 21.9 Å². The van der Waals surface area contributed by atoms with Crippen LogP contribution in [-0.2, 0) is 13.1 Å². The van der Waals surface area contributed by atoms with Crippen LogP contribution in [0.25, 0.3) is 11.4 Å². The molecule has 0 unspecified atom stereocenters. The van der Waals surface area contributed by atoms with Gasteiger partial charge >= 0.3 is 5.69 Å². The molecular weight excluding hydrogens is 384 g/mol. The van der Waals surface area contributed by atoms with Gasteiger partial charge in [-0.25, -0.2) is 9.36 Å². The van der Waals surface area contributed by atoms with Gasteiger partial charge in [-0.1, -0.05) is 42.4 Å². The molecule has 0 atom stereocenters. The Morgan fingerprint density at radius 1 is 1.07 bits per heavy atom. The average molecular weight is 410 g/mol. The van der Waals surface area contributed by atoms with Crippen molar-refractivity contribution < 1.29 is 4.52 Å². The minimum Gasteiger partial charge on any atom is -0.383 e. The highest BCUT2D eigenvalue weighted by molar-refractivity contribution is 5.63. The van der Waals surface area contributed by atoms with Crippen LogP contribution in [0.4, 0.5) is 11.5 Å². The summed E-state index contributed by atoms with van der Waals surface area (Å²) in [6.07, 6.45) is 3.84. The van der Waals surface area contributed by atoms with E-state index < -0.39 is 11.2 Å².